The molecule has 1 N–H and O–H groups in total. The number of hydrogen-bond acceptors (Lipinski definition) is 6. The van der Waals surface area contributed by atoms with E-state index < -0.39 is 0 Å². The van der Waals surface area contributed by atoms with E-state index in [0.717, 1.165) is 44.8 Å². The molecule has 1 unspecified atom stereocenters. The number of aromatic nitrogens is 2. The topological polar surface area (TPSA) is 74.5 Å². The van der Waals surface area contributed by atoms with Crippen molar-refractivity contribution in [1.29, 1.82) is 0 Å². The Bertz CT molecular complexity index is 782. The predicted octanol–water partition coefficient (Wildman–Crippen LogP) is 1.89. The molecule has 1 atom stereocenters. The minimum atomic E-state index is 0.107. The zero-order valence-corrected chi connectivity index (χ0v) is 16.2. The first kappa shape index (κ1) is 18.4. The molecule has 144 valence electrons. The molecule has 2 aliphatic rings. The fraction of sp³-hybridized carbons (Fsp3) is 0.526. The minimum absolute atomic E-state index is 0.107. The molecule has 27 heavy (non-hydrogen) atoms. The first-order chi connectivity index (χ1) is 13.1. The van der Waals surface area contributed by atoms with Gasteiger partial charge in [0.05, 0.1) is 6.54 Å². The SMILES string of the molecule is CC(C(=O)N1CCN(Cc2nc(-c3ccc(Cl)cc3)no2)CC1)C1CNC1. The second-order valence-electron chi connectivity index (χ2n) is 7.33. The van der Waals surface area contributed by atoms with Gasteiger partial charge in [0, 0.05) is 42.7 Å². The highest BCUT2D eigenvalue weighted by Gasteiger charge is 2.33. The Balaban J connectivity index is 1.29. The number of halogens is 1. The normalized spacial score (nSPS) is 19.7. The highest BCUT2D eigenvalue weighted by molar-refractivity contribution is 6.30. The molecule has 1 aromatic heterocycles. The summed E-state index contributed by atoms with van der Waals surface area (Å²) in [5, 5.41) is 7.98. The average Bonchev–Trinajstić information content (AvgIpc) is 3.09. The first-order valence-electron chi connectivity index (χ1n) is 9.40. The molecule has 2 saturated heterocycles. The molecule has 3 heterocycles. The summed E-state index contributed by atoms with van der Waals surface area (Å²) in [6, 6.07) is 7.37. The summed E-state index contributed by atoms with van der Waals surface area (Å²) in [7, 11) is 0. The van der Waals surface area contributed by atoms with Gasteiger partial charge in [-0.1, -0.05) is 23.7 Å². The van der Waals surface area contributed by atoms with Crippen LogP contribution in [0.4, 0.5) is 0 Å². The van der Waals surface area contributed by atoms with Crippen LogP contribution in [-0.2, 0) is 11.3 Å². The molecule has 1 amide bonds. The van der Waals surface area contributed by atoms with Gasteiger partial charge in [0.25, 0.3) is 0 Å². The zero-order valence-electron chi connectivity index (χ0n) is 15.4. The van der Waals surface area contributed by atoms with Crippen LogP contribution in [0.25, 0.3) is 11.4 Å². The van der Waals surface area contributed by atoms with Crippen molar-refractivity contribution in [2.75, 3.05) is 39.3 Å². The maximum atomic E-state index is 12.6. The maximum absolute atomic E-state index is 12.6. The van der Waals surface area contributed by atoms with Crippen molar-refractivity contribution in [3.8, 4) is 11.4 Å². The largest absolute Gasteiger partial charge is 0.340 e. The number of nitrogens with one attached hydrogen (secondary N) is 1. The van der Waals surface area contributed by atoms with Gasteiger partial charge >= 0.3 is 0 Å². The summed E-state index contributed by atoms with van der Waals surface area (Å²) in [5.74, 6) is 2.03. The number of carbonyl (C=O) groups excluding carboxylic acids is 1. The number of piperazine rings is 1. The Morgan fingerprint density at radius 1 is 1.26 bits per heavy atom. The molecule has 1 aromatic carbocycles. The molecular formula is C19H24ClN5O2. The zero-order chi connectivity index (χ0) is 18.8. The number of benzene rings is 1. The molecule has 8 heteroatoms. The van der Waals surface area contributed by atoms with Crippen molar-refractivity contribution < 1.29 is 9.32 Å². The van der Waals surface area contributed by atoms with E-state index in [9.17, 15) is 4.79 Å². The van der Waals surface area contributed by atoms with Crippen molar-refractivity contribution in [2.45, 2.75) is 13.5 Å². The third kappa shape index (κ3) is 4.15. The van der Waals surface area contributed by atoms with E-state index in [0.29, 0.717) is 29.2 Å². The summed E-state index contributed by atoms with van der Waals surface area (Å²) in [4.78, 5) is 21.3. The Morgan fingerprint density at radius 2 is 1.96 bits per heavy atom. The monoisotopic (exact) mass is 389 g/mol. The van der Waals surface area contributed by atoms with Crippen molar-refractivity contribution in [2.24, 2.45) is 11.8 Å². The van der Waals surface area contributed by atoms with E-state index in [1.165, 1.54) is 0 Å². The van der Waals surface area contributed by atoms with Crippen LogP contribution < -0.4 is 5.32 Å². The number of rotatable bonds is 5. The van der Waals surface area contributed by atoms with Gasteiger partial charge in [-0.3, -0.25) is 9.69 Å². The molecule has 2 fully saturated rings. The molecule has 2 aromatic rings. The summed E-state index contributed by atoms with van der Waals surface area (Å²) in [6.07, 6.45) is 0. The van der Waals surface area contributed by atoms with Crippen LogP contribution in [0, 0.1) is 11.8 Å². The lowest BCUT2D eigenvalue weighted by molar-refractivity contribution is -0.139. The Labute approximate surface area is 163 Å². The average molecular weight is 390 g/mol. The van der Waals surface area contributed by atoms with E-state index in [2.05, 4.69) is 27.3 Å². The summed E-state index contributed by atoms with van der Waals surface area (Å²) in [5.41, 5.74) is 0.879. The fourth-order valence-corrected chi connectivity index (χ4v) is 3.63. The van der Waals surface area contributed by atoms with Crippen LogP contribution in [-0.4, -0.2) is 65.1 Å². The van der Waals surface area contributed by atoms with Gasteiger partial charge in [0.15, 0.2) is 0 Å². The fourth-order valence-electron chi connectivity index (χ4n) is 3.51. The van der Waals surface area contributed by atoms with Gasteiger partial charge in [0.1, 0.15) is 0 Å². The van der Waals surface area contributed by atoms with E-state index >= 15 is 0 Å². The smallest absolute Gasteiger partial charge is 0.241 e. The first-order valence-corrected chi connectivity index (χ1v) is 9.78. The Kier molecular flexibility index (Phi) is 5.43. The number of hydrogen-bond donors (Lipinski definition) is 1. The summed E-state index contributed by atoms with van der Waals surface area (Å²) >= 11 is 5.91. The Hall–Kier alpha value is -1.96. The minimum Gasteiger partial charge on any atom is -0.340 e. The highest BCUT2D eigenvalue weighted by atomic mass is 35.5. The van der Waals surface area contributed by atoms with E-state index in [4.69, 9.17) is 16.1 Å². The van der Waals surface area contributed by atoms with Crippen LogP contribution in [0.5, 0.6) is 0 Å². The van der Waals surface area contributed by atoms with Crippen molar-refractivity contribution in [1.82, 2.24) is 25.3 Å². The van der Waals surface area contributed by atoms with Gasteiger partial charge in [-0.05, 0) is 43.3 Å². The lowest BCUT2D eigenvalue weighted by atomic mass is 9.88. The third-order valence-corrected chi connectivity index (χ3v) is 5.78. The van der Waals surface area contributed by atoms with Gasteiger partial charge in [-0.2, -0.15) is 4.98 Å². The van der Waals surface area contributed by atoms with Crippen LogP contribution >= 0.6 is 11.6 Å². The molecule has 0 spiro atoms. The molecule has 0 aliphatic carbocycles. The summed E-state index contributed by atoms with van der Waals surface area (Å²) < 4.78 is 5.39. The molecule has 4 rings (SSSR count). The van der Waals surface area contributed by atoms with E-state index in [1.807, 2.05) is 29.2 Å². The van der Waals surface area contributed by atoms with Crippen LogP contribution in [0.15, 0.2) is 28.8 Å². The van der Waals surface area contributed by atoms with Gasteiger partial charge in [-0.25, -0.2) is 0 Å². The van der Waals surface area contributed by atoms with Crippen molar-refractivity contribution in [3.63, 3.8) is 0 Å². The number of carbonyl (C=O) groups is 1. The molecule has 0 radical (unpaired) electrons. The third-order valence-electron chi connectivity index (χ3n) is 5.52. The van der Waals surface area contributed by atoms with Crippen molar-refractivity contribution >= 4 is 17.5 Å². The quantitative estimate of drug-likeness (QED) is 0.841. The molecule has 0 saturated carbocycles. The van der Waals surface area contributed by atoms with Gasteiger partial charge in [-0.15, -0.1) is 0 Å². The van der Waals surface area contributed by atoms with Crippen LogP contribution in [0.1, 0.15) is 12.8 Å². The van der Waals surface area contributed by atoms with Crippen LogP contribution in [0.3, 0.4) is 0 Å². The van der Waals surface area contributed by atoms with Crippen LogP contribution in [0.2, 0.25) is 5.02 Å². The predicted molar refractivity (Wildman–Crippen MR) is 102 cm³/mol. The van der Waals surface area contributed by atoms with Gasteiger partial charge < -0.3 is 14.7 Å². The summed E-state index contributed by atoms with van der Waals surface area (Å²) in [6.45, 7) is 7.71. The molecule has 0 bridgehead atoms. The standard InChI is InChI=1S/C19H24ClN5O2/c1-13(15-10-21-11-15)19(26)25-8-6-24(7-9-25)12-17-22-18(23-27-17)14-2-4-16(20)5-3-14/h2-5,13,15,21H,6-12H2,1H3. The highest BCUT2D eigenvalue weighted by Crippen LogP contribution is 2.21. The van der Waals surface area contributed by atoms with E-state index in [-0.39, 0.29) is 11.8 Å². The van der Waals surface area contributed by atoms with Gasteiger partial charge in [0.2, 0.25) is 17.6 Å². The Morgan fingerprint density at radius 3 is 2.59 bits per heavy atom. The molecule has 2 aliphatic heterocycles. The molecular weight excluding hydrogens is 366 g/mol. The second kappa shape index (κ2) is 7.96. The number of nitrogens with zero attached hydrogens (tertiary/aromatic N) is 4. The lowest BCUT2D eigenvalue weighted by Gasteiger charge is -2.38. The molecule has 7 nitrogen and oxygen atoms in total. The maximum Gasteiger partial charge on any atom is 0.241 e. The van der Waals surface area contributed by atoms with Crippen molar-refractivity contribution in [3.05, 3.63) is 35.2 Å². The lowest BCUT2D eigenvalue weighted by Crippen LogP contribution is -2.54. The number of amides is 1. The van der Waals surface area contributed by atoms with E-state index in [1.54, 1.807) is 0 Å². The second-order valence-corrected chi connectivity index (χ2v) is 7.76.